The molecule has 2 aliphatic rings. The minimum Gasteiger partial charge on any atom is -0.412 e. The number of aromatic nitrogens is 1. The van der Waals surface area contributed by atoms with E-state index >= 15 is 0 Å². The van der Waals surface area contributed by atoms with Gasteiger partial charge in [-0.05, 0) is 31.4 Å². The number of hydrogen-bond acceptors (Lipinski definition) is 4. The maximum Gasteiger partial charge on any atom is 0.365 e. The second kappa shape index (κ2) is 6.20. The number of quaternary nitrogens is 1. The van der Waals surface area contributed by atoms with Gasteiger partial charge in [0.15, 0.2) is 18.9 Å². The molecule has 2 heterocycles. The van der Waals surface area contributed by atoms with Gasteiger partial charge in [0.1, 0.15) is 5.52 Å². The van der Waals surface area contributed by atoms with Gasteiger partial charge in [-0.15, -0.1) is 0 Å². The third-order valence-corrected chi connectivity index (χ3v) is 5.15. The van der Waals surface area contributed by atoms with Gasteiger partial charge in [-0.1, -0.05) is 25.5 Å². The zero-order valence-corrected chi connectivity index (χ0v) is 13.6. The molecular formula is C17H25N5O+2. The molecule has 4 rings (SSSR count). The molecule has 4 N–H and O–H groups in total. The predicted octanol–water partition coefficient (Wildman–Crippen LogP) is -0.342. The van der Waals surface area contributed by atoms with Crippen LogP contribution in [0, 0.1) is 5.92 Å². The summed E-state index contributed by atoms with van der Waals surface area (Å²) in [7, 11) is 0. The lowest BCUT2D eigenvalue weighted by molar-refractivity contribution is -1.00. The van der Waals surface area contributed by atoms with E-state index in [2.05, 4.69) is 27.5 Å². The molecule has 1 aromatic carbocycles. The number of nitrogens with zero attached hydrogens (tertiary/aromatic N) is 1. The lowest BCUT2D eigenvalue weighted by Crippen LogP contribution is -3.27. The molecule has 1 unspecified atom stereocenters. The molecule has 0 amide bonds. The van der Waals surface area contributed by atoms with E-state index < -0.39 is 0 Å². The lowest BCUT2D eigenvalue weighted by atomic mass is 9.85. The third kappa shape index (κ3) is 3.03. The molecule has 1 fully saturated rings. The highest BCUT2D eigenvalue weighted by Crippen LogP contribution is 2.21. The average molecular weight is 315 g/mol. The monoisotopic (exact) mass is 315 g/mol. The van der Waals surface area contributed by atoms with Crippen molar-refractivity contribution in [3.8, 4) is 0 Å². The second-order valence-corrected chi connectivity index (χ2v) is 6.72. The zero-order valence-electron chi connectivity index (χ0n) is 13.6. The van der Waals surface area contributed by atoms with Crippen molar-refractivity contribution in [1.82, 2.24) is 10.3 Å². The van der Waals surface area contributed by atoms with Gasteiger partial charge >= 0.3 is 12.0 Å². The van der Waals surface area contributed by atoms with Gasteiger partial charge in [-0.2, -0.15) is 10.3 Å². The maximum absolute atomic E-state index is 5.70. The largest absolute Gasteiger partial charge is 0.412 e. The van der Waals surface area contributed by atoms with Gasteiger partial charge in [0.05, 0.1) is 6.04 Å². The molecule has 6 nitrogen and oxygen atoms in total. The normalized spacial score (nSPS) is 28.2. The van der Waals surface area contributed by atoms with Crippen LogP contribution in [0.5, 0.6) is 0 Å². The van der Waals surface area contributed by atoms with E-state index in [0.29, 0.717) is 6.01 Å². The van der Waals surface area contributed by atoms with E-state index in [1.165, 1.54) is 25.7 Å². The van der Waals surface area contributed by atoms with Gasteiger partial charge in [-0.3, -0.25) is 4.90 Å². The Kier molecular flexibility index (Phi) is 3.91. The summed E-state index contributed by atoms with van der Waals surface area (Å²) in [6.45, 7) is 4.27. The second-order valence-electron chi connectivity index (χ2n) is 6.72. The van der Waals surface area contributed by atoms with Crippen molar-refractivity contribution in [3.63, 3.8) is 0 Å². The zero-order chi connectivity index (χ0) is 15.6. The first-order valence-electron chi connectivity index (χ1n) is 8.61. The van der Waals surface area contributed by atoms with Crippen molar-refractivity contribution < 1.29 is 14.3 Å². The predicted molar refractivity (Wildman–Crippen MR) is 88.9 cm³/mol. The topological polar surface area (TPSA) is 68.5 Å². The molecule has 0 saturated heterocycles. The molecule has 1 aliphatic carbocycles. The molecule has 1 aromatic heterocycles. The van der Waals surface area contributed by atoms with Crippen molar-refractivity contribution in [2.75, 3.05) is 18.7 Å². The van der Waals surface area contributed by atoms with E-state index in [1.807, 2.05) is 24.3 Å². The SMILES string of the molecule is C[C@H]1CCCC[C@@H]1[NH+]1CNC(Nc2nc3ccccc3o2)=[NH+]C1. The van der Waals surface area contributed by atoms with Crippen molar-refractivity contribution in [2.24, 2.45) is 5.92 Å². The standard InChI is InChI=1S/C17H23N5O/c1-12-6-2-4-8-14(12)22-10-18-16(19-11-22)21-17-20-13-7-3-5-9-15(13)23-17/h3,5,7,9,12,14H,2,4,6,8,10-11H2,1H3,(H2,18,19,20,21)/p+2/t12-,14-/m0/s1. The van der Waals surface area contributed by atoms with E-state index in [1.54, 1.807) is 4.90 Å². The highest BCUT2D eigenvalue weighted by molar-refractivity contribution is 5.88. The van der Waals surface area contributed by atoms with E-state index in [0.717, 1.165) is 42.4 Å². The molecule has 0 radical (unpaired) electrons. The Balaban J connectivity index is 1.41. The van der Waals surface area contributed by atoms with Crippen LogP contribution in [0.3, 0.4) is 0 Å². The number of guanidine groups is 1. The van der Waals surface area contributed by atoms with Crippen molar-refractivity contribution in [3.05, 3.63) is 24.3 Å². The summed E-state index contributed by atoms with van der Waals surface area (Å²) in [6.07, 6.45) is 5.47. The van der Waals surface area contributed by atoms with Crippen LogP contribution >= 0.6 is 0 Å². The number of anilines is 1. The molecule has 23 heavy (non-hydrogen) atoms. The summed E-state index contributed by atoms with van der Waals surface area (Å²) in [5.41, 5.74) is 1.67. The highest BCUT2D eigenvalue weighted by atomic mass is 16.4. The van der Waals surface area contributed by atoms with E-state index in [4.69, 9.17) is 4.42 Å². The van der Waals surface area contributed by atoms with E-state index in [-0.39, 0.29) is 0 Å². The number of fused-ring (bicyclic) bond motifs is 1. The molecule has 122 valence electrons. The summed E-state index contributed by atoms with van der Waals surface area (Å²) in [5, 5.41) is 6.65. The lowest BCUT2D eigenvalue weighted by Gasteiger charge is -2.34. The van der Waals surface area contributed by atoms with Crippen LogP contribution in [0.25, 0.3) is 11.1 Å². The average Bonchev–Trinajstić information content (AvgIpc) is 2.98. The van der Waals surface area contributed by atoms with Crippen LogP contribution in [0.4, 0.5) is 6.01 Å². The number of rotatable bonds is 2. The number of benzene rings is 1. The van der Waals surface area contributed by atoms with Crippen LogP contribution in [-0.4, -0.2) is 30.3 Å². The van der Waals surface area contributed by atoms with Crippen LogP contribution in [0.1, 0.15) is 32.6 Å². The Morgan fingerprint density at radius 3 is 2.96 bits per heavy atom. The number of nitrogens with one attached hydrogen (secondary N) is 4. The van der Waals surface area contributed by atoms with Crippen LogP contribution < -0.4 is 20.5 Å². The van der Waals surface area contributed by atoms with Crippen LogP contribution in [0.15, 0.2) is 28.7 Å². The number of oxazole rings is 1. The third-order valence-electron chi connectivity index (χ3n) is 5.15. The maximum atomic E-state index is 5.70. The van der Waals surface area contributed by atoms with Gasteiger partial charge in [0, 0.05) is 5.92 Å². The summed E-state index contributed by atoms with van der Waals surface area (Å²) in [4.78, 5) is 9.48. The van der Waals surface area contributed by atoms with E-state index in [9.17, 15) is 0 Å². The minimum absolute atomic E-state index is 0.524. The van der Waals surface area contributed by atoms with Gasteiger partial charge in [0.25, 0.3) is 0 Å². The smallest absolute Gasteiger partial charge is 0.365 e. The van der Waals surface area contributed by atoms with Crippen LogP contribution in [0.2, 0.25) is 0 Å². The van der Waals surface area contributed by atoms with Crippen LogP contribution in [-0.2, 0) is 0 Å². The number of hydrogen-bond donors (Lipinski definition) is 4. The molecule has 2 aromatic rings. The van der Waals surface area contributed by atoms with Gasteiger partial charge in [0.2, 0.25) is 0 Å². The Labute approximate surface area is 136 Å². The Morgan fingerprint density at radius 2 is 2.17 bits per heavy atom. The summed E-state index contributed by atoms with van der Waals surface area (Å²) < 4.78 is 5.70. The molecular weight excluding hydrogens is 290 g/mol. The highest BCUT2D eigenvalue weighted by Gasteiger charge is 2.33. The molecule has 6 heteroatoms. The number of para-hydroxylation sites is 2. The Hall–Kier alpha value is -2.08. The molecule has 1 saturated carbocycles. The van der Waals surface area contributed by atoms with Gasteiger partial charge in [-0.25, -0.2) is 10.3 Å². The quantitative estimate of drug-likeness (QED) is 0.612. The first kappa shape index (κ1) is 14.5. The first-order chi connectivity index (χ1) is 11.3. The fourth-order valence-electron chi connectivity index (χ4n) is 3.83. The fraction of sp³-hybridized carbons (Fsp3) is 0.529. The molecule has 3 atom stereocenters. The summed E-state index contributed by atoms with van der Waals surface area (Å²) >= 11 is 0. The Bertz CT molecular complexity index is 677. The first-order valence-corrected chi connectivity index (χ1v) is 8.61. The fourth-order valence-corrected chi connectivity index (χ4v) is 3.83. The minimum atomic E-state index is 0.524. The van der Waals surface area contributed by atoms with Gasteiger partial charge < -0.3 is 4.42 Å². The molecule has 1 aliphatic heterocycles. The van der Waals surface area contributed by atoms with Crippen molar-refractivity contribution in [2.45, 2.75) is 38.6 Å². The van der Waals surface area contributed by atoms with Crippen molar-refractivity contribution in [1.29, 1.82) is 0 Å². The summed E-state index contributed by atoms with van der Waals surface area (Å²) in [5.74, 6) is 1.69. The Morgan fingerprint density at radius 1 is 1.30 bits per heavy atom. The summed E-state index contributed by atoms with van der Waals surface area (Å²) in [6, 6.07) is 9.08. The van der Waals surface area contributed by atoms with Crippen molar-refractivity contribution >= 4 is 23.1 Å². The molecule has 0 spiro atoms. The molecule has 0 bridgehead atoms.